The molecule has 4 unspecified atom stereocenters. The summed E-state index contributed by atoms with van der Waals surface area (Å²) >= 11 is 0. The Morgan fingerprint density at radius 2 is 1.66 bits per heavy atom. The number of benzene rings is 1. The molecule has 0 bridgehead atoms. The van der Waals surface area contributed by atoms with Crippen LogP contribution in [-0.2, 0) is 30.4 Å². The minimum atomic E-state index is -1.58. The highest BCUT2D eigenvalue weighted by Gasteiger charge is 2.33. The van der Waals surface area contributed by atoms with Crippen LogP contribution in [0.2, 0.25) is 0 Å². The molecule has 1 saturated heterocycles. The molecule has 192 valence electrons. The number of nitrogens with two attached hydrogens (primary N) is 1. The lowest BCUT2D eigenvalue weighted by Gasteiger charge is -2.27. The molecule has 1 heterocycles. The van der Waals surface area contributed by atoms with E-state index in [4.69, 9.17) is 5.73 Å². The van der Waals surface area contributed by atoms with Crippen LogP contribution >= 0.6 is 0 Å². The van der Waals surface area contributed by atoms with Gasteiger partial charge in [0.05, 0.1) is 12.5 Å². The number of aliphatic carboxylic acids is 1. The van der Waals surface area contributed by atoms with Gasteiger partial charge in [0.1, 0.15) is 23.9 Å². The molecule has 0 aliphatic carbocycles. The molecule has 1 aliphatic heterocycles. The van der Waals surface area contributed by atoms with E-state index >= 15 is 0 Å². The van der Waals surface area contributed by atoms with Crippen molar-refractivity contribution in [2.75, 3.05) is 6.54 Å². The van der Waals surface area contributed by atoms with Gasteiger partial charge in [-0.15, -0.1) is 0 Å². The van der Waals surface area contributed by atoms with E-state index in [9.17, 15) is 34.2 Å². The fraction of sp³-hybridized carbons (Fsp3) is 0.522. The van der Waals surface area contributed by atoms with Gasteiger partial charge in [-0.3, -0.25) is 19.2 Å². The summed E-state index contributed by atoms with van der Waals surface area (Å²) in [5, 5.41) is 29.5. The number of carbonyl (C=O) groups excluding carboxylic acids is 4. The second kappa shape index (κ2) is 12.7. The first-order valence-corrected chi connectivity index (χ1v) is 11.4. The van der Waals surface area contributed by atoms with Gasteiger partial charge < -0.3 is 37.2 Å². The summed E-state index contributed by atoms with van der Waals surface area (Å²) in [5.74, 6) is -4.45. The number of amides is 4. The molecule has 4 atom stereocenters. The van der Waals surface area contributed by atoms with Crippen molar-refractivity contribution < 1.29 is 34.2 Å². The zero-order valence-electron chi connectivity index (χ0n) is 19.7. The van der Waals surface area contributed by atoms with Gasteiger partial charge in [-0.05, 0) is 43.0 Å². The van der Waals surface area contributed by atoms with Crippen LogP contribution in [0, 0.1) is 5.92 Å². The third-order valence-corrected chi connectivity index (χ3v) is 5.65. The lowest BCUT2D eigenvalue weighted by atomic mass is 10.00. The van der Waals surface area contributed by atoms with E-state index in [2.05, 4.69) is 21.3 Å². The lowest BCUT2D eigenvalue weighted by molar-refractivity contribution is -0.143. The Bertz CT molecular complexity index is 929. The number of hydrogen-bond acceptors (Lipinski definition) is 7. The Kier molecular flexibility index (Phi) is 10.0. The van der Waals surface area contributed by atoms with Crippen molar-refractivity contribution in [1.29, 1.82) is 0 Å². The van der Waals surface area contributed by atoms with Gasteiger partial charge in [0.15, 0.2) is 0 Å². The van der Waals surface area contributed by atoms with Crippen molar-refractivity contribution in [3.8, 4) is 5.75 Å². The summed E-state index contributed by atoms with van der Waals surface area (Å²) in [6.45, 7) is 4.20. The first kappa shape index (κ1) is 27.6. The summed E-state index contributed by atoms with van der Waals surface area (Å²) < 4.78 is 0. The molecule has 35 heavy (non-hydrogen) atoms. The summed E-state index contributed by atoms with van der Waals surface area (Å²) in [5.41, 5.74) is 5.65. The third-order valence-electron chi connectivity index (χ3n) is 5.65. The third kappa shape index (κ3) is 8.56. The fourth-order valence-electron chi connectivity index (χ4n) is 3.71. The van der Waals surface area contributed by atoms with Gasteiger partial charge in [-0.25, -0.2) is 4.79 Å². The van der Waals surface area contributed by atoms with Gasteiger partial charge in [-0.2, -0.15) is 0 Å². The number of carboxylic acid groups (broad SMARTS) is 1. The Balaban J connectivity index is 2.21. The maximum absolute atomic E-state index is 13.1. The summed E-state index contributed by atoms with van der Waals surface area (Å²) in [4.78, 5) is 61.4. The van der Waals surface area contributed by atoms with E-state index in [1.165, 1.54) is 12.1 Å². The summed E-state index contributed by atoms with van der Waals surface area (Å²) in [7, 11) is 0. The standard InChI is InChI=1S/C23H33N5O7/c1-12(2)19(28-20(31)15-4-3-9-25-15)22(33)26-16(10-13-5-7-14(29)8-6-13)21(32)27-17(23(34)35)11-18(24)30/h5-8,12,15-17,19,25,29H,3-4,9-11H2,1-2H3,(H2,24,30)(H,26,33)(H,27,32)(H,28,31)(H,34,35). The topological polar surface area (TPSA) is 200 Å². The van der Waals surface area contributed by atoms with Crippen LogP contribution in [0.1, 0.15) is 38.7 Å². The number of carbonyl (C=O) groups is 5. The molecule has 0 aromatic heterocycles. The molecular formula is C23H33N5O7. The second-order valence-corrected chi connectivity index (χ2v) is 8.88. The molecule has 2 rings (SSSR count). The summed E-state index contributed by atoms with van der Waals surface area (Å²) in [6.07, 6.45) is 0.839. The van der Waals surface area contributed by atoms with E-state index in [1.807, 2.05) is 0 Å². The van der Waals surface area contributed by atoms with Crippen LogP contribution in [0.3, 0.4) is 0 Å². The number of phenolic OH excluding ortho intramolecular Hbond substituents is 1. The maximum Gasteiger partial charge on any atom is 0.326 e. The van der Waals surface area contributed by atoms with Crippen molar-refractivity contribution in [2.45, 2.75) is 63.7 Å². The van der Waals surface area contributed by atoms with Crippen molar-refractivity contribution in [3.63, 3.8) is 0 Å². The molecule has 0 radical (unpaired) electrons. The van der Waals surface area contributed by atoms with Crippen LogP contribution in [0.25, 0.3) is 0 Å². The molecule has 4 amide bonds. The minimum Gasteiger partial charge on any atom is -0.508 e. The van der Waals surface area contributed by atoms with Crippen LogP contribution in [-0.4, -0.2) is 70.5 Å². The zero-order chi connectivity index (χ0) is 26.1. The van der Waals surface area contributed by atoms with Gasteiger partial charge in [0.25, 0.3) is 0 Å². The number of nitrogens with one attached hydrogen (secondary N) is 4. The molecule has 0 saturated carbocycles. The van der Waals surface area contributed by atoms with E-state index in [1.54, 1.807) is 26.0 Å². The monoisotopic (exact) mass is 491 g/mol. The van der Waals surface area contributed by atoms with Crippen molar-refractivity contribution in [1.82, 2.24) is 21.3 Å². The van der Waals surface area contributed by atoms with E-state index < -0.39 is 54.3 Å². The van der Waals surface area contributed by atoms with Gasteiger partial charge >= 0.3 is 5.97 Å². The maximum atomic E-state index is 13.1. The first-order chi connectivity index (χ1) is 16.5. The highest BCUT2D eigenvalue weighted by Crippen LogP contribution is 2.13. The molecule has 12 nitrogen and oxygen atoms in total. The predicted octanol–water partition coefficient (Wildman–Crippen LogP) is -1.24. The SMILES string of the molecule is CC(C)C(NC(=O)C1CCCN1)C(=O)NC(Cc1ccc(O)cc1)C(=O)NC(CC(N)=O)C(=O)O. The van der Waals surface area contributed by atoms with Crippen LogP contribution < -0.4 is 27.0 Å². The highest BCUT2D eigenvalue weighted by molar-refractivity contribution is 5.95. The predicted molar refractivity (Wildman–Crippen MR) is 125 cm³/mol. The molecule has 1 aliphatic rings. The highest BCUT2D eigenvalue weighted by atomic mass is 16.4. The zero-order valence-corrected chi connectivity index (χ0v) is 19.7. The van der Waals surface area contributed by atoms with Crippen molar-refractivity contribution in [3.05, 3.63) is 29.8 Å². The molecular weight excluding hydrogens is 458 g/mol. The summed E-state index contributed by atoms with van der Waals surface area (Å²) in [6, 6.07) is 1.76. The Morgan fingerprint density at radius 3 is 2.17 bits per heavy atom. The number of aromatic hydroxyl groups is 1. The molecule has 12 heteroatoms. The minimum absolute atomic E-state index is 0.00860. The number of carboxylic acids is 1. The fourth-order valence-corrected chi connectivity index (χ4v) is 3.71. The van der Waals surface area contributed by atoms with E-state index in [-0.39, 0.29) is 24.0 Å². The second-order valence-electron chi connectivity index (χ2n) is 8.88. The van der Waals surface area contributed by atoms with Crippen molar-refractivity contribution >= 4 is 29.6 Å². The Hall–Kier alpha value is -3.67. The lowest BCUT2D eigenvalue weighted by Crippen LogP contribution is -2.59. The van der Waals surface area contributed by atoms with E-state index in [0.717, 1.165) is 6.42 Å². The molecule has 1 fully saturated rings. The molecule has 0 spiro atoms. The molecule has 1 aromatic rings. The van der Waals surface area contributed by atoms with E-state index in [0.29, 0.717) is 18.5 Å². The molecule has 8 N–H and O–H groups in total. The average molecular weight is 492 g/mol. The average Bonchev–Trinajstić information content (AvgIpc) is 3.32. The smallest absolute Gasteiger partial charge is 0.326 e. The van der Waals surface area contributed by atoms with Gasteiger partial charge in [-0.1, -0.05) is 26.0 Å². The number of rotatable bonds is 12. The number of phenols is 1. The quantitative estimate of drug-likeness (QED) is 0.188. The largest absolute Gasteiger partial charge is 0.508 e. The number of primary amides is 1. The Morgan fingerprint density at radius 1 is 1.03 bits per heavy atom. The van der Waals surface area contributed by atoms with Crippen molar-refractivity contribution in [2.24, 2.45) is 11.7 Å². The van der Waals surface area contributed by atoms with Gasteiger partial charge in [0, 0.05) is 6.42 Å². The number of hydrogen-bond donors (Lipinski definition) is 7. The van der Waals surface area contributed by atoms with Crippen LogP contribution in [0.4, 0.5) is 0 Å². The molecule has 1 aromatic carbocycles. The van der Waals surface area contributed by atoms with Crippen LogP contribution in [0.5, 0.6) is 5.75 Å². The van der Waals surface area contributed by atoms with Crippen LogP contribution in [0.15, 0.2) is 24.3 Å². The normalized spacial score (nSPS) is 17.7. The van der Waals surface area contributed by atoms with Gasteiger partial charge in [0.2, 0.25) is 23.6 Å². The first-order valence-electron chi connectivity index (χ1n) is 11.4. The Labute approximate surface area is 203 Å².